The zero-order valence-electron chi connectivity index (χ0n) is 10.2. The molecule has 0 aliphatic rings. The van der Waals surface area contributed by atoms with Gasteiger partial charge < -0.3 is 10.4 Å². The van der Waals surface area contributed by atoms with Crippen LogP contribution in [-0.2, 0) is 4.79 Å². The van der Waals surface area contributed by atoms with Crippen LogP contribution in [0.25, 0.3) is 0 Å². The van der Waals surface area contributed by atoms with Crippen LogP contribution in [0.1, 0.15) is 18.9 Å². The van der Waals surface area contributed by atoms with Gasteiger partial charge in [0.2, 0.25) is 0 Å². The molecule has 1 aromatic rings. The second-order valence-electron chi connectivity index (χ2n) is 4.07. The maximum Gasteiger partial charge on any atom is 0.306 e. The van der Waals surface area contributed by atoms with Crippen LogP contribution in [-0.4, -0.2) is 27.5 Å². The number of nitrogens with one attached hydrogen (secondary N) is 1. The fraction of sp³-hybridized carbons (Fsp3) is 0.455. The smallest absolute Gasteiger partial charge is 0.306 e. The standard InChI is InChI=1S/C11H15N3O4/c1-7(11(15)16)3-4-12-10-8(2)5-9(6-13-10)14(17)18/h5-7H,3-4H2,1-2H3,(H,12,13)(H,15,16). The van der Waals surface area contributed by atoms with Crippen molar-refractivity contribution in [2.24, 2.45) is 5.92 Å². The third kappa shape index (κ3) is 3.69. The summed E-state index contributed by atoms with van der Waals surface area (Å²) in [6.07, 6.45) is 1.64. The predicted molar refractivity (Wildman–Crippen MR) is 65.5 cm³/mol. The first-order valence-corrected chi connectivity index (χ1v) is 5.49. The van der Waals surface area contributed by atoms with E-state index in [9.17, 15) is 14.9 Å². The van der Waals surface area contributed by atoms with Crippen LogP contribution in [0.4, 0.5) is 11.5 Å². The second-order valence-corrected chi connectivity index (χ2v) is 4.07. The summed E-state index contributed by atoms with van der Waals surface area (Å²) in [4.78, 5) is 24.6. The Morgan fingerprint density at radius 2 is 2.33 bits per heavy atom. The van der Waals surface area contributed by atoms with Crippen LogP contribution in [0.2, 0.25) is 0 Å². The van der Waals surface area contributed by atoms with Gasteiger partial charge in [-0.1, -0.05) is 6.92 Å². The first-order valence-electron chi connectivity index (χ1n) is 5.49. The van der Waals surface area contributed by atoms with Gasteiger partial charge in [0.1, 0.15) is 12.0 Å². The lowest BCUT2D eigenvalue weighted by Gasteiger charge is -2.09. The van der Waals surface area contributed by atoms with Gasteiger partial charge in [-0.2, -0.15) is 0 Å². The van der Waals surface area contributed by atoms with Gasteiger partial charge in [-0.15, -0.1) is 0 Å². The molecule has 7 heteroatoms. The SMILES string of the molecule is Cc1cc([N+](=O)[O-])cnc1NCCC(C)C(=O)O. The molecular formula is C11H15N3O4. The Labute approximate surface area is 104 Å². The van der Waals surface area contributed by atoms with Crippen LogP contribution in [0.15, 0.2) is 12.3 Å². The minimum absolute atomic E-state index is 0.0584. The number of rotatable bonds is 6. The van der Waals surface area contributed by atoms with Crippen LogP contribution >= 0.6 is 0 Å². The van der Waals surface area contributed by atoms with Gasteiger partial charge in [-0.25, -0.2) is 4.98 Å². The summed E-state index contributed by atoms with van der Waals surface area (Å²) in [5.74, 6) is -0.737. The number of carboxylic acids is 1. The molecule has 1 aromatic heterocycles. The van der Waals surface area contributed by atoms with E-state index in [-0.39, 0.29) is 5.69 Å². The minimum atomic E-state index is -0.842. The van der Waals surface area contributed by atoms with E-state index in [0.717, 1.165) is 0 Å². The van der Waals surface area contributed by atoms with E-state index in [2.05, 4.69) is 10.3 Å². The van der Waals surface area contributed by atoms with Crippen LogP contribution in [0.5, 0.6) is 0 Å². The van der Waals surface area contributed by atoms with Crippen molar-refractivity contribution in [3.05, 3.63) is 27.9 Å². The van der Waals surface area contributed by atoms with E-state index in [1.165, 1.54) is 12.3 Å². The number of hydrogen-bond acceptors (Lipinski definition) is 5. The number of aromatic nitrogens is 1. The van der Waals surface area contributed by atoms with E-state index >= 15 is 0 Å². The molecular weight excluding hydrogens is 238 g/mol. The number of nitrogens with zero attached hydrogens (tertiary/aromatic N) is 2. The number of anilines is 1. The maximum absolute atomic E-state index is 10.6. The Bertz CT molecular complexity index is 462. The fourth-order valence-electron chi connectivity index (χ4n) is 1.38. The molecule has 1 heterocycles. The summed E-state index contributed by atoms with van der Waals surface area (Å²) < 4.78 is 0. The molecule has 0 aliphatic heterocycles. The third-order valence-corrected chi connectivity index (χ3v) is 2.57. The Morgan fingerprint density at radius 3 is 2.83 bits per heavy atom. The highest BCUT2D eigenvalue weighted by Gasteiger charge is 2.12. The lowest BCUT2D eigenvalue weighted by molar-refractivity contribution is -0.385. The molecule has 0 fully saturated rings. The van der Waals surface area contributed by atoms with Gasteiger partial charge >= 0.3 is 5.97 Å². The van der Waals surface area contributed by atoms with Crippen LogP contribution in [0, 0.1) is 23.0 Å². The summed E-state index contributed by atoms with van der Waals surface area (Å²) in [7, 11) is 0. The number of aryl methyl sites for hydroxylation is 1. The normalized spacial score (nSPS) is 11.9. The monoisotopic (exact) mass is 253 g/mol. The van der Waals surface area contributed by atoms with Crippen molar-refractivity contribution >= 4 is 17.5 Å². The topological polar surface area (TPSA) is 105 Å². The molecule has 0 aliphatic carbocycles. The Morgan fingerprint density at radius 1 is 1.67 bits per heavy atom. The lowest BCUT2D eigenvalue weighted by atomic mass is 10.1. The highest BCUT2D eigenvalue weighted by molar-refractivity contribution is 5.69. The summed E-state index contributed by atoms with van der Waals surface area (Å²) in [6, 6.07) is 1.43. The predicted octanol–water partition coefficient (Wildman–Crippen LogP) is 1.82. The number of carbonyl (C=O) groups is 1. The van der Waals surface area contributed by atoms with E-state index in [1.54, 1.807) is 13.8 Å². The minimum Gasteiger partial charge on any atom is -0.481 e. The molecule has 0 saturated heterocycles. The van der Waals surface area contributed by atoms with Gasteiger partial charge in [-0.3, -0.25) is 14.9 Å². The van der Waals surface area contributed by atoms with Gasteiger partial charge in [0.25, 0.3) is 5.69 Å². The van der Waals surface area contributed by atoms with Crippen LogP contribution in [0.3, 0.4) is 0 Å². The van der Waals surface area contributed by atoms with Crippen LogP contribution < -0.4 is 5.32 Å². The van der Waals surface area contributed by atoms with Crippen molar-refractivity contribution in [2.75, 3.05) is 11.9 Å². The molecule has 1 unspecified atom stereocenters. The zero-order valence-corrected chi connectivity index (χ0v) is 10.2. The molecule has 18 heavy (non-hydrogen) atoms. The van der Waals surface area contributed by atoms with Crippen molar-refractivity contribution < 1.29 is 14.8 Å². The summed E-state index contributed by atoms with van der Waals surface area (Å²) in [5.41, 5.74) is 0.601. The molecule has 0 aromatic carbocycles. The quantitative estimate of drug-likeness (QED) is 0.591. The van der Waals surface area contributed by atoms with Gasteiger partial charge in [0, 0.05) is 12.6 Å². The average Bonchev–Trinajstić information content (AvgIpc) is 2.30. The van der Waals surface area contributed by atoms with E-state index < -0.39 is 16.8 Å². The maximum atomic E-state index is 10.6. The molecule has 7 nitrogen and oxygen atoms in total. The Balaban J connectivity index is 2.58. The molecule has 0 amide bonds. The highest BCUT2D eigenvalue weighted by atomic mass is 16.6. The van der Waals surface area contributed by atoms with Crippen molar-refractivity contribution in [3.8, 4) is 0 Å². The van der Waals surface area contributed by atoms with Gasteiger partial charge in [-0.05, 0) is 18.9 Å². The molecule has 98 valence electrons. The molecule has 0 saturated carbocycles. The van der Waals surface area contributed by atoms with E-state index in [1.807, 2.05) is 0 Å². The number of hydrogen-bond donors (Lipinski definition) is 2. The number of nitro groups is 1. The first kappa shape index (κ1) is 13.9. The zero-order chi connectivity index (χ0) is 13.7. The number of carboxylic acid groups (broad SMARTS) is 1. The van der Waals surface area contributed by atoms with E-state index in [4.69, 9.17) is 5.11 Å². The molecule has 1 atom stereocenters. The third-order valence-electron chi connectivity index (χ3n) is 2.57. The summed E-state index contributed by atoms with van der Waals surface area (Å²) in [5, 5.41) is 22.2. The van der Waals surface area contributed by atoms with E-state index in [0.29, 0.717) is 24.3 Å². The Kier molecular flexibility index (Phi) is 4.59. The highest BCUT2D eigenvalue weighted by Crippen LogP contribution is 2.18. The lowest BCUT2D eigenvalue weighted by Crippen LogP contribution is -2.15. The van der Waals surface area contributed by atoms with Crippen molar-refractivity contribution in [3.63, 3.8) is 0 Å². The molecule has 2 N–H and O–H groups in total. The first-order chi connectivity index (χ1) is 8.41. The Hall–Kier alpha value is -2.18. The van der Waals surface area contributed by atoms with Gasteiger partial charge in [0.05, 0.1) is 10.8 Å². The summed E-state index contributed by atoms with van der Waals surface area (Å²) in [6.45, 7) is 3.79. The van der Waals surface area contributed by atoms with Crippen molar-refractivity contribution in [2.45, 2.75) is 20.3 Å². The van der Waals surface area contributed by atoms with Crippen molar-refractivity contribution in [1.29, 1.82) is 0 Å². The van der Waals surface area contributed by atoms with Gasteiger partial charge in [0.15, 0.2) is 0 Å². The summed E-state index contributed by atoms with van der Waals surface area (Å²) >= 11 is 0. The number of aliphatic carboxylic acids is 1. The number of pyridine rings is 1. The molecule has 0 radical (unpaired) electrons. The average molecular weight is 253 g/mol. The molecule has 0 spiro atoms. The second kappa shape index (κ2) is 5.95. The molecule has 0 bridgehead atoms. The van der Waals surface area contributed by atoms with Crippen molar-refractivity contribution in [1.82, 2.24) is 4.98 Å². The molecule has 1 rings (SSSR count). The largest absolute Gasteiger partial charge is 0.481 e. The fourth-order valence-corrected chi connectivity index (χ4v) is 1.38.